The summed E-state index contributed by atoms with van der Waals surface area (Å²) in [6, 6.07) is 17.4. The topological polar surface area (TPSA) is 81.5 Å². The highest BCUT2D eigenvalue weighted by molar-refractivity contribution is 7.99. The minimum atomic E-state index is -0.489. The number of nitrogens with zero attached hydrogens (tertiary/aromatic N) is 1. The third-order valence-corrected chi connectivity index (χ3v) is 5.14. The van der Waals surface area contributed by atoms with Gasteiger partial charge < -0.3 is 10.1 Å². The number of aryl methyl sites for hydroxylation is 1. The lowest BCUT2D eigenvalue weighted by Gasteiger charge is -2.11. The van der Waals surface area contributed by atoms with Gasteiger partial charge in [-0.05, 0) is 31.2 Å². The Kier molecular flexibility index (Phi) is 4.29. The maximum absolute atomic E-state index is 12.8. The zero-order valence-corrected chi connectivity index (χ0v) is 15.1. The van der Waals surface area contributed by atoms with E-state index in [0.717, 1.165) is 10.5 Å². The molecule has 1 heterocycles. The first kappa shape index (κ1) is 17.1. The second-order valence-electron chi connectivity index (χ2n) is 6.04. The molecule has 6 nitrogen and oxygen atoms in total. The number of non-ortho nitro benzene ring substituents is 1. The van der Waals surface area contributed by atoms with Crippen LogP contribution < -0.4 is 10.1 Å². The quantitative estimate of drug-likeness (QED) is 0.487. The first-order chi connectivity index (χ1) is 13.0. The largest absolute Gasteiger partial charge is 0.454 e. The van der Waals surface area contributed by atoms with E-state index < -0.39 is 4.92 Å². The molecule has 0 unspecified atom stereocenters. The normalized spacial score (nSPS) is 12.3. The van der Waals surface area contributed by atoms with E-state index in [0.29, 0.717) is 16.3 Å². The second kappa shape index (κ2) is 6.77. The smallest absolute Gasteiger partial charge is 0.274 e. The lowest BCUT2D eigenvalue weighted by Crippen LogP contribution is -2.12. The number of carbonyl (C=O) groups is 1. The van der Waals surface area contributed by atoms with Crippen molar-refractivity contribution in [1.82, 2.24) is 0 Å². The van der Waals surface area contributed by atoms with Crippen molar-refractivity contribution in [3.63, 3.8) is 0 Å². The summed E-state index contributed by atoms with van der Waals surface area (Å²) in [5.74, 6) is 0.247. The molecule has 0 aliphatic carbocycles. The van der Waals surface area contributed by atoms with Crippen LogP contribution in [0.15, 0.2) is 70.5 Å². The Hall–Kier alpha value is -3.32. The lowest BCUT2D eigenvalue weighted by molar-refractivity contribution is -0.385. The van der Waals surface area contributed by atoms with Crippen LogP contribution in [0.25, 0.3) is 0 Å². The number of anilines is 1. The van der Waals surface area contributed by atoms with Crippen LogP contribution in [0.3, 0.4) is 0 Å². The number of amides is 1. The van der Waals surface area contributed by atoms with Gasteiger partial charge in [-0.15, -0.1) is 0 Å². The van der Waals surface area contributed by atoms with Gasteiger partial charge in [0.2, 0.25) is 0 Å². The van der Waals surface area contributed by atoms with Gasteiger partial charge in [-0.3, -0.25) is 14.9 Å². The van der Waals surface area contributed by atoms with Crippen LogP contribution in [0, 0.1) is 17.0 Å². The summed E-state index contributed by atoms with van der Waals surface area (Å²) in [5.41, 5.74) is 1.78. The fourth-order valence-electron chi connectivity index (χ4n) is 2.76. The van der Waals surface area contributed by atoms with E-state index in [9.17, 15) is 14.9 Å². The molecule has 1 aliphatic heterocycles. The minimum Gasteiger partial charge on any atom is -0.454 e. The molecule has 3 aromatic rings. The van der Waals surface area contributed by atoms with Gasteiger partial charge in [0, 0.05) is 15.9 Å². The van der Waals surface area contributed by atoms with E-state index in [4.69, 9.17) is 4.74 Å². The molecule has 27 heavy (non-hydrogen) atoms. The maximum Gasteiger partial charge on any atom is 0.274 e. The van der Waals surface area contributed by atoms with Crippen molar-refractivity contribution in [3.05, 3.63) is 81.9 Å². The van der Waals surface area contributed by atoms with E-state index in [1.165, 1.54) is 23.9 Å². The summed E-state index contributed by atoms with van der Waals surface area (Å²) in [4.78, 5) is 25.1. The van der Waals surface area contributed by atoms with Gasteiger partial charge in [-0.1, -0.05) is 41.6 Å². The number of para-hydroxylation sites is 2. The zero-order valence-electron chi connectivity index (χ0n) is 14.3. The zero-order chi connectivity index (χ0) is 19.0. The van der Waals surface area contributed by atoms with Crippen molar-refractivity contribution in [2.24, 2.45) is 0 Å². The molecule has 7 heteroatoms. The molecular formula is C20H14N2O4S. The summed E-state index contributed by atoms with van der Waals surface area (Å²) in [7, 11) is 0. The SMILES string of the molecule is Cc1ccc(Sc2cc([N+](=O)[O-])cc3c2C(=O)Nc2ccccc2O3)cc1. The predicted octanol–water partition coefficient (Wildman–Crippen LogP) is 5.41. The van der Waals surface area contributed by atoms with E-state index in [2.05, 4.69) is 5.32 Å². The van der Waals surface area contributed by atoms with Gasteiger partial charge in [0.25, 0.3) is 11.6 Å². The Bertz CT molecular complexity index is 1060. The Labute approximate surface area is 159 Å². The van der Waals surface area contributed by atoms with Crippen molar-refractivity contribution in [2.45, 2.75) is 16.7 Å². The molecule has 3 aromatic carbocycles. The number of hydrogen-bond acceptors (Lipinski definition) is 5. The lowest BCUT2D eigenvalue weighted by atomic mass is 10.1. The number of benzene rings is 3. The minimum absolute atomic E-state index is 0.129. The standard InChI is InChI=1S/C20H14N2O4S/c1-12-6-8-14(9-7-12)27-18-11-13(22(24)25)10-17-19(18)20(23)21-15-4-2-3-5-16(15)26-17/h2-11H,1H3,(H,21,23). The molecule has 0 radical (unpaired) electrons. The van der Waals surface area contributed by atoms with Gasteiger partial charge in [0.15, 0.2) is 5.75 Å². The van der Waals surface area contributed by atoms with Crippen LogP contribution in [-0.2, 0) is 0 Å². The van der Waals surface area contributed by atoms with Gasteiger partial charge in [-0.25, -0.2) is 0 Å². The highest BCUT2D eigenvalue weighted by Gasteiger charge is 2.27. The van der Waals surface area contributed by atoms with E-state index in [1.807, 2.05) is 31.2 Å². The number of fused-ring (bicyclic) bond motifs is 2. The van der Waals surface area contributed by atoms with E-state index in [-0.39, 0.29) is 22.9 Å². The highest BCUT2D eigenvalue weighted by Crippen LogP contribution is 2.43. The number of nitrogens with one attached hydrogen (secondary N) is 1. The third kappa shape index (κ3) is 3.37. The van der Waals surface area contributed by atoms with Crippen LogP contribution in [0.4, 0.5) is 11.4 Å². The van der Waals surface area contributed by atoms with Gasteiger partial charge in [0.05, 0.1) is 22.2 Å². The molecule has 0 saturated carbocycles. The first-order valence-electron chi connectivity index (χ1n) is 8.16. The summed E-state index contributed by atoms with van der Waals surface area (Å²) in [6.45, 7) is 1.98. The van der Waals surface area contributed by atoms with Gasteiger partial charge in [-0.2, -0.15) is 0 Å². The summed E-state index contributed by atoms with van der Waals surface area (Å²) >= 11 is 1.29. The van der Waals surface area contributed by atoms with Crippen molar-refractivity contribution in [2.75, 3.05) is 5.32 Å². The number of nitro groups is 1. The summed E-state index contributed by atoms with van der Waals surface area (Å²) in [6.07, 6.45) is 0. The van der Waals surface area contributed by atoms with E-state index >= 15 is 0 Å². The first-order valence-corrected chi connectivity index (χ1v) is 8.98. The summed E-state index contributed by atoms with van der Waals surface area (Å²) in [5, 5.41) is 14.2. The Balaban J connectivity index is 1.85. The number of ether oxygens (including phenoxy) is 1. The second-order valence-corrected chi connectivity index (χ2v) is 7.16. The molecule has 1 aliphatic rings. The van der Waals surface area contributed by atoms with Crippen LogP contribution in [0.1, 0.15) is 15.9 Å². The van der Waals surface area contributed by atoms with Crippen molar-refractivity contribution >= 4 is 29.0 Å². The van der Waals surface area contributed by atoms with Crippen LogP contribution in [0.2, 0.25) is 0 Å². The average molecular weight is 378 g/mol. The Morgan fingerprint density at radius 1 is 1.04 bits per heavy atom. The molecule has 4 rings (SSSR count). The molecule has 0 atom stereocenters. The van der Waals surface area contributed by atoms with Crippen LogP contribution in [0.5, 0.6) is 11.5 Å². The molecule has 0 aromatic heterocycles. The summed E-state index contributed by atoms with van der Waals surface area (Å²) < 4.78 is 5.86. The maximum atomic E-state index is 12.8. The average Bonchev–Trinajstić information content (AvgIpc) is 2.79. The van der Waals surface area contributed by atoms with Crippen LogP contribution >= 0.6 is 11.8 Å². The number of carbonyl (C=O) groups excluding carboxylic acids is 1. The predicted molar refractivity (Wildman–Crippen MR) is 103 cm³/mol. The number of rotatable bonds is 3. The molecule has 134 valence electrons. The Morgan fingerprint density at radius 2 is 1.78 bits per heavy atom. The van der Waals surface area contributed by atoms with Crippen molar-refractivity contribution in [1.29, 1.82) is 0 Å². The fraction of sp³-hybridized carbons (Fsp3) is 0.0500. The fourth-order valence-corrected chi connectivity index (χ4v) is 3.76. The number of nitro benzene ring substituents is 1. The van der Waals surface area contributed by atoms with Crippen molar-refractivity contribution < 1.29 is 14.5 Å². The molecule has 1 N–H and O–H groups in total. The molecule has 0 fully saturated rings. The van der Waals surface area contributed by atoms with Gasteiger partial charge in [0.1, 0.15) is 5.75 Å². The van der Waals surface area contributed by atoms with E-state index in [1.54, 1.807) is 24.3 Å². The highest BCUT2D eigenvalue weighted by atomic mass is 32.2. The van der Waals surface area contributed by atoms with Crippen molar-refractivity contribution in [3.8, 4) is 11.5 Å². The molecule has 0 saturated heterocycles. The molecule has 0 spiro atoms. The molecule has 0 bridgehead atoms. The third-order valence-electron chi connectivity index (χ3n) is 4.09. The monoisotopic (exact) mass is 378 g/mol. The Morgan fingerprint density at radius 3 is 2.52 bits per heavy atom. The molecule has 1 amide bonds. The van der Waals surface area contributed by atoms with Gasteiger partial charge >= 0.3 is 0 Å². The van der Waals surface area contributed by atoms with Crippen LogP contribution in [-0.4, -0.2) is 10.8 Å². The number of hydrogen-bond donors (Lipinski definition) is 1. The molecular weight excluding hydrogens is 364 g/mol.